The molecule has 0 spiro atoms. The monoisotopic (exact) mass is 389 g/mol. The maximum absolute atomic E-state index is 12.9. The van der Waals surface area contributed by atoms with E-state index >= 15 is 0 Å². The second kappa shape index (κ2) is 8.04. The number of nitrogens with one attached hydrogen (secondary N) is 1. The van der Waals surface area contributed by atoms with Crippen LogP contribution in [0.2, 0.25) is 0 Å². The maximum atomic E-state index is 12.9. The minimum absolute atomic E-state index is 0.148. The predicted molar refractivity (Wildman–Crippen MR) is 105 cm³/mol. The summed E-state index contributed by atoms with van der Waals surface area (Å²) in [5.74, 6) is 1.83. The van der Waals surface area contributed by atoms with E-state index in [9.17, 15) is 9.59 Å². The number of amides is 1. The Morgan fingerprint density at radius 3 is 2.74 bits per heavy atom. The summed E-state index contributed by atoms with van der Waals surface area (Å²) >= 11 is 1.50. The number of benzene rings is 1. The summed E-state index contributed by atoms with van der Waals surface area (Å²) in [7, 11) is 4.92. The molecule has 0 radical (unpaired) electrons. The molecular weight excluding hydrogens is 366 g/mol. The number of rotatable bonds is 6. The highest BCUT2D eigenvalue weighted by molar-refractivity contribution is 7.99. The Hall–Kier alpha value is -2.48. The van der Waals surface area contributed by atoms with E-state index in [2.05, 4.69) is 17.2 Å². The Balaban J connectivity index is 2.19. The third-order valence-electron chi connectivity index (χ3n) is 4.54. The van der Waals surface area contributed by atoms with Crippen molar-refractivity contribution in [3.05, 3.63) is 39.7 Å². The Morgan fingerprint density at radius 1 is 1.30 bits per heavy atom. The van der Waals surface area contributed by atoms with Gasteiger partial charge in [0.05, 0.1) is 19.8 Å². The van der Waals surface area contributed by atoms with Gasteiger partial charge in [0.2, 0.25) is 5.91 Å². The zero-order valence-electron chi connectivity index (χ0n) is 15.9. The molecule has 8 heteroatoms. The van der Waals surface area contributed by atoms with Gasteiger partial charge >= 0.3 is 0 Å². The molecule has 7 nitrogen and oxygen atoms in total. The quantitative estimate of drug-likeness (QED) is 0.604. The van der Waals surface area contributed by atoms with Crippen LogP contribution in [-0.4, -0.2) is 35.4 Å². The fourth-order valence-corrected chi connectivity index (χ4v) is 4.13. The molecule has 1 aromatic heterocycles. The van der Waals surface area contributed by atoms with Crippen molar-refractivity contribution in [2.45, 2.75) is 30.8 Å². The van der Waals surface area contributed by atoms with E-state index in [1.165, 1.54) is 11.8 Å². The van der Waals surface area contributed by atoms with Crippen LogP contribution in [0.4, 0.5) is 5.82 Å². The number of anilines is 1. The zero-order valence-corrected chi connectivity index (χ0v) is 16.7. The van der Waals surface area contributed by atoms with Gasteiger partial charge in [-0.3, -0.25) is 9.59 Å². The number of para-hydroxylation sites is 1. The summed E-state index contributed by atoms with van der Waals surface area (Å²) in [5.41, 5.74) is 0.891. The molecule has 1 amide bonds. The number of hydrogen-bond donors (Lipinski definition) is 1. The Kier molecular flexibility index (Phi) is 5.74. The van der Waals surface area contributed by atoms with Gasteiger partial charge in [0.1, 0.15) is 5.82 Å². The van der Waals surface area contributed by atoms with Crippen molar-refractivity contribution in [3.63, 3.8) is 0 Å². The van der Waals surface area contributed by atoms with E-state index in [0.717, 1.165) is 17.7 Å². The molecule has 1 N–H and O–H groups in total. The summed E-state index contributed by atoms with van der Waals surface area (Å²) in [5, 5.41) is 3.45. The molecule has 3 rings (SSSR count). The predicted octanol–water partition coefficient (Wildman–Crippen LogP) is 2.77. The van der Waals surface area contributed by atoms with Crippen LogP contribution in [0.3, 0.4) is 0 Å². The van der Waals surface area contributed by atoms with E-state index in [4.69, 9.17) is 9.47 Å². The highest BCUT2D eigenvalue weighted by Gasteiger charge is 2.34. The standard InChI is InChI=1S/C19H23N3O4S/c1-5-9-27-19-21-18(24)15-12(10-14(23)20-17(15)22(19)2)11-7-6-8-13(25-3)16(11)26-4/h6-8,12H,5,9-10H2,1-4H3,(H,20,23)/t12-/m0/s1. The normalized spacial score (nSPS) is 15.9. The lowest BCUT2D eigenvalue weighted by atomic mass is 9.86. The molecule has 1 aromatic carbocycles. The third-order valence-corrected chi connectivity index (χ3v) is 5.78. The van der Waals surface area contributed by atoms with Crippen LogP contribution >= 0.6 is 11.8 Å². The smallest absolute Gasteiger partial charge is 0.279 e. The molecule has 0 aliphatic carbocycles. The van der Waals surface area contributed by atoms with Gasteiger partial charge in [0.25, 0.3) is 5.56 Å². The van der Waals surface area contributed by atoms with Crippen LogP contribution < -0.4 is 20.3 Å². The van der Waals surface area contributed by atoms with Gasteiger partial charge in [0, 0.05) is 30.7 Å². The molecular formula is C19H23N3O4S. The van der Waals surface area contributed by atoms with Gasteiger partial charge < -0.3 is 19.4 Å². The van der Waals surface area contributed by atoms with Gasteiger partial charge in [0.15, 0.2) is 16.7 Å². The van der Waals surface area contributed by atoms with Crippen LogP contribution in [0.15, 0.2) is 28.2 Å². The van der Waals surface area contributed by atoms with Crippen LogP contribution in [0.25, 0.3) is 0 Å². The Labute approximate surface area is 162 Å². The van der Waals surface area contributed by atoms with Crippen LogP contribution in [-0.2, 0) is 11.8 Å². The largest absolute Gasteiger partial charge is 0.493 e. The maximum Gasteiger partial charge on any atom is 0.279 e. The van der Waals surface area contributed by atoms with Crippen molar-refractivity contribution >= 4 is 23.5 Å². The Bertz CT molecular complexity index is 926. The summed E-state index contributed by atoms with van der Waals surface area (Å²) in [6, 6.07) is 5.47. The first-order chi connectivity index (χ1) is 13.0. The van der Waals surface area contributed by atoms with E-state index in [1.54, 1.807) is 24.9 Å². The summed E-state index contributed by atoms with van der Waals surface area (Å²) in [6.45, 7) is 2.07. The molecule has 0 bridgehead atoms. The van der Waals surface area contributed by atoms with Gasteiger partial charge in [-0.2, -0.15) is 4.98 Å². The summed E-state index contributed by atoms with van der Waals surface area (Å²) < 4.78 is 12.7. The first-order valence-corrected chi connectivity index (χ1v) is 9.74. The van der Waals surface area contributed by atoms with Crippen LogP contribution in [0.1, 0.15) is 36.8 Å². The van der Waals surface area contributed by atoms with Gasteiger partial charge in [-0.05, 0) is 12.5 Å². The number of carbonyl (C=O) groups is 1. The van der Waals surface area contributed by atoms with Gasteiger partial charge in [-0.1, -0.05) is 30.8 Å². The minimum Gasteiger partial charge on any atom is -0.493 e. The molecule has 0 saturated carbocycles. The fourth-order valence-electron chi connectivity index (χ4n) is 3.31. The molecule has 1 aliphatic rings. The van der Waals surface area contributed by atoms with Crippen molar-refractivity contribution in [2.24, 2.45) is 7.05 Å². The molecule has 2 aromatic rings. The molecule has 0 saturated heterocycles. The number of hydrogen-bond acceptors (Lipinski definition) is 6. The molecule has 27 heavy (non-hydrogen) atoms. The lowest BCUT2D eigenvalue weighted by Crippen LogP contribution is -2.33. The lowest BCUT2D eigenvalue weighted by Gasteiger charge is -2.28. The number of nitrogens with zero attached hydrogens (tertiary/aromatic N) is 2. The van der Waals surface area contributed by atoms with Crippen molar-refractivity contribution < 1.29 is 14.3 Å². The average molecular weight is 389 g/mol. The summed E-state index contributed by atoms with van der Waals surface area (Å²) in [6.07, 6.45) is 1.11. The average Bonchev–Trinajstić information content (AvgIpc) is 2.68. The highest BCUT2D eigenvalue weighted by atomic mass is 32.2. The van der Waals surface area contributed by atoms with E-state index < -0.39 is 5.92 Å². The topological polar surface area (TPSA) is 82.5 Å². The van der Waals surface area contributed by atoms with Crippen molar-refractivity contribution in [3.8, 4) is 11.5 Å². The fraction of sp³-hybridized carbons (Fsp3) is 0.421. The first-order valence-electron chi connectivity index (χ1n) is 8.76. The molecule has 2 heterocycles. The van der Waals surface area contributed by atoms with Crippen molar-refractivity contribution in [1.29, 1.82) is 0 Å². The second-order valence-corrected chi connectivity index (χ2v) is 7.32. The van der Waals surface area contributed by atoms with E-state index in [1.807, 2.05) is 19.2 Å². The summed E-state index contributed by atoms with van der Waals surface area (Å²) in [4.78, 5) is 29.6. The molecule has 1 aliphatic heterocycles. The SMILES string of the molecule is CCCSc1nc(=O)c2c(n1C)NC(=O)C[C@H]2c1cccc(OC)c1OC. The molecule has 144 valence electrons. The first kappa shape index (κ1) is 19.3. The van der Waals surface area contributed by atoms with E-state index in [0.29, 0.717) is 28.0 Å². The number of methoxy groups -OCH3 is 2. The van der Waals surface area contributed by atoms with Crippen molar-refractivity contribution in [1.82, 2.24) is 9.55 Å². The van der Waals surface area contributed by atoms with Crippen molar-refractivity contribution in [2.75, 3.05) is 25.3 Å². The molecule has 0 fully saturated rings. The minimum atomic E-state index is -0.449. The third kappa shape index (κ3) is 3.53. The number of fused-ring (bicyclic) bond motifs is 1. The zero-order chi connectivity index (χ0) is 19.6. The Morgan fingerprint density at radius 2 is 2.07 bits per heavy atom. The molecule has 1 atom stereocenters. The molecule has 0 unspecified atom stereocenters. The van der Waals surface area contributed by atoms with Gasteiger partial charge in [-0.25, -0.2) is 0 Å². The van der Waals surface area contributed by atoms with Crippen LogP contribution in [0.5, 0.6) is 11.5 Å². The number of carbonyl (C=O) groups excluding carboxylic acids is 1. The highest BCUT2D eigenvalue weighted by Crippen LogP contribution is 2.42. The lowest BCUT2D eigenvalue weighted by molar-refractivity contribution is -0.116. The number of aromatic nitrogens is 2. The van der Waals surface area contributed by atoms with Crippen LogP contribution in [0, 0.1) is 0 Å². The second-order valence-electron chi connectivity index (χ2n) is 6.26. The van der Waals surface area contributed by atoms with E-state index in [-0.39, 0.29) is 17.9 Å². The number of thioether (sulfide) groups is 1. The van der Waals surface area contributed by atoms with Gasteiger partial charge in [-0.15, -0.1) is 0 Å². The number of ether oxygens (including phenoxy) is 2.